The lowest BCUT2D eigenvalue weighted by Crippen LogP contribution is -2.51. The number of fused-ring (bicyclic) bond motifs is 6. The zero-order valence-corrected chi connectivity index (χ0v) is 22.7. The quantitative estimate of drug-likeness (QED) is 0.586. The van der Waals surface area contributed by atoms with Gasteiger partial charge in [0, 0.05) is 31.1 Å². The Kier molecular flexibility index (Phi) is 6.93. The van der Waals surface area contributed by atoms with Gasteiger partial charge in [0.25, 0.3) is 11.8 Å². The fraction of sp³-hybridized carbons (Fsp3) is 0.500. The second kappa shape index (κ2) is 10.5. The van der Waals surface area contributed by atoms with Crippen LogP contribution in [-0.2, 0) is 4.79 Å². The summed E-state index contributed by atoms with van der Waals surface area (Å²) in [6, 6.07) is 11.3. The van der Waals surface area contributed by atoms with Gasteiger partial charge in [-0.25, -0.2) is 0 Å². The van der Waals surface area contributed by atoms with Gasteiger partial charge in [-0.3, -0.25) is 19.3 Å². The van der Waals surface area contributed by atoms with Crippen LogP contribution in [0.25, 0.3) is 0 Å². The summed E-state index contributed by atoms with van der Waals surface area (Å²) in [5.41, 5.74) is 2.06. The molecule has 4 heterocycles. The van der Waals surface area contributed by atoms with Crippen LogP contribution < -0.4 is 19.7 Å². The molecule has 3 atom stereocenters. The molecule has 9 heteroatoms. The van der Waals surface area contributed by atoms with Crippen molar-refractivity contribution in [3.05, 3.63) is 53.1 Å². The number of piperidine rings is 2. The number of anilines is 1. The smallest absolute Gasteiger partial charge is 0.264 e. The Morgan fingerprint density at radius 2 is 1.79 bits per heavy atom. The summed E-state index contributed by atoms with van der Waals surface area (Å²) >= 11 is 0. The standard InChI is InChI=1S/C30H36N4O5/c1-38-24-13-12-21-26(27(24)39-2)30(37)34-23-11-4-3-9-20(23)29(36)33(28(21)34)17-14-25(35)31-18-19-8-7-16-32-15-6-5-10-22(19)32/h3-4,9,11-13,19,22,28H,5-8,10,14-18H2,1-2H3,(H,31,35). The maximum absolute atomic E-state index is 13.8. The van der Waals surface area contributed by atoms with Gasteiger partial charge in [0.15, 0.2) is 11.5 Å². The first kappa shape index (κ1) is 25.7. The molecule has 206 valence electrons. The van der Waals surface area contributed by atoms with E-state index >= 15 is 0 Å². The van der Waals surface area contributed by atoms with E-state index in [1.54, 1.807) is 34.1 Å². The van der Waals surface area contributed by atoms with E-state index in [1.807, 2.05) is 12.1 Å². The topological polar surface area (TPSA) is 91.4 Å². The minimum atomic E-state index is -0.656. The molecule has 0 bridgehead atoms. The molecule has 0 aromatic heterocycles. The molecule has 9 nitrogen and oxygen atoms in total. The van der Waals surface area contributed by atoms with Crippen LogP contribution in [0.5, 0.6) is 11.5 Å². The average molecular weight is 533 g/mol. The number of nitrogens with one attached hydrogen (secondary N) is 1. The predicted molar refractivity (Wildman–Crippen MR) is 146 cm³/mol. The van der Waals surface area contributed by atoms with Crippen LogP contribution in [-0.4, -0.2) is 74.0 Å². The van der Waals surface area contributed by atoms with Crippen LogP contribution in [0.2, 0.25) is 0 Å². The van der Waals surface area contributed by atoms with Crippen LogP contribution >= 0.6 is 0 Å². The number of carbonyl (C=O) groups is 3. The van der Waals surface area contributed by atoms with E-state index in [4.69, 9.17) is 9.47 Å². The molecule has 0 radical (unpaired) electrons. The minimum absolute atomic E-state index is 0.0713. The first-order valence-electron chi connectivity index (χ1n) is 14.0. The zero-order chi connectivity index (χ0) is 27.1. The van der Waals surface area contributed by atoms with Crippen LogP contribution in [0.4, 0.5) is 5.69 Å². The summed E-state index contributed by atoms with van der Waals surface area (Å²) in [5.74, 6) is 0.756. The third-order valence-corrected chi connectivity index (χ3v) is 8.85. The highest BCUT2D eigenvalue weighted by Crippen LogP contribution is 2.49. The van der Waals surface area contributed by atoms with Gasteiger partial charge in [-0.2, -0.15) is 0 Å². The number of ether oxygens (including phenoxy) is 2. The third kappa shape index (κ3) is 4.33. The van der Waals surface area contributed by atoms with Crippen LogP contribution in [0.3, 0.4) is 0 Å². The fourth-order valence-corrected chi connectivity index (χ4v) is 7.02. The number of hydrogen-bond donors (Lipinski definition) is 1. The second-order valence-corrected chi connectivity index (χ2v) is 10.9. The number of rotatable bonds is 7. The second-order valence-electron chi connectivity index (χ2n) is 10.9. The summed E-state index contributed by atoms with van der Waals surface area (Å²) in [6.45, 7) is 3.21. The van der Waals surface area contributed by atoms with Gasteiger partial charge >= 0.3 is 0 Å². The molecule has 2 aromatic rings. The lowest BCUT2D eigenvalue weighted by atomic mass is 9.83. The number of nitrogens with zero attached hydrogens (tertiary/aromatic N) is 3. The van der Waals surface area contributed by atoms with E-state index in [0.29, 0.717) is 52.4 Å². The van der Waals surface area contributed by atoms with Crippen molar-refractivity contribution in [2.75, 3.05) is 45.3 Å². The molecule has 0 aliphatic carbocycles. The van der Waals surface area contributed by atoms with E-state index in [-0.39, 0.29) is 30.7 Å². The molecular formula is C30H36N4O5. The molecule has 1 N–H and O–H groups in total. The highest BCUT2D eigenvalue weighted by Gasteiger charge is 2.49. The molecule has 2 aromatic carbocycles. The van der Waals surface area contributed by atoms with E-state index in [1.165, 1.54) is 53.0 Å². The number of hydrogen-bond acceptors (Lipinski definition) is 6. The van der Waals surface area contributed by atoms with E-state index < -0.39 is 6.17 Å². The lowest BCUT2D eigenvalue weighted by Gasteiger charge is -2.44. The van der Waals surface area contributed by atoms with E-state index in [2.05, 4.69) is 10.2 Å². The van der Waals surface area contributed by atoms with Gasteiger partial charge in [0.1, 0.15) is 6.17 Å². The average Bonchev–Trinajstić information content (AvgIpc) is 3.27. The van der Waals surface area contributed by atoms with Crippen molar-refractivity contribution in [1.82, 2.24) is 15.1 Å². The van der Waals surface area contributed by atoms with E-state index in [0.717, 1.165) is 6.42 Å². The SMILES string of the molecule is COc1ccc2c(c1OC)C(=O)N1c3ccccc3C(=O)N(CCC(=O)NCC3CCCN4CCCCC34)C21. The number of amides is 3. The summed E-state index contributed by atoms with van der Waals surface area (Å²) < 4.78 is 11.0. The molecular weight excluding hydrogens is 496 g/mol. The first-order chi connectivity index (χ1) is 19.0. The largest absolute Gasteiger partial charge is 0.493 e. The van der Waals surface area contributed by atoms with Gasteiger partial charge in [0.2, 0.25) is 5.91 Å². The molecule has 3 amide bonds. The Bertz CT molecular complexity index is 1290. The summed E-state index contributed by atoms with van der Waals surface area (Å²) in [4.78, 5) is 46.4. The van der Waals surface area contributed by atoms with Gasteiger partial charge in [0.05, 0.1) is 31.0 Å². The molecule has 0 saturated carbocycles. The zero-order valence-electron chi connectivity index (χ0n) is 22.7. The minimum Gasteiger partial charge on any atom is -0.493 e. The van der Waals surface area contributed by atoms with Gasteiger partial charge in [-0.15, -0.1) is 0 Å². The van der Waals surface area contributed by atoms with Gasteiger partial charge < -0.3 is 24.6 Å². The van der Waals surface area contributed by atoms with Crippen LogP contribution in [0.15, 0.2) is 36.4 Å². The fourth-order valence-electron chi connectivity index (χ4n) is 7.02. The number of benzene rings is 2. The van der Waals surface area contributed by atoms with Crippen molar-refractivity contribution < 1.29 is 23.9 Å². The normalized spacial score (nSPS) is 24.0. The first-order valence-corrected chi connectivity index (χ1v) is 14.0. The Labute approximate surface area is 229 Å². The predicted octanol–water partition coefficient (Wildman–Crippen LogP) is 3.59. The number of methoxy groups -OCH3 is 2. The van der Waals surface area contributed by atoms with Crippen molar-refractivity contribution in [3.63, 3.8) is 0 Å². The maximum Gasteiger partial charge on any atom is 0.264 e. The highest BCUT2D eigenvalue weighted by atomic mass is 16.5. The summed E-state index contributed by atoms with van der Waals surface area (Å²) in [5, 5.41) is 3.16. The highest BCUT2D eigenvalue weighted by molar-refractivity contribution is 6.18. The molecule has 4 aliphatic rings. The summed E-state index contributed by atoms with van der Waals surface area (Å²) in [6.07, 6.45) is 5.57. The van der Waals surface area contributed by atoms with Crippen molar-refractivity contribution in [2.45, 2.75) is 50.7 Å². The van der Waals surface area contributed by atoms with Crippen molar-refractivity contribution in [2.24, 2.45) is 5.92 Å². The molecule has 4 aliphatic heterocycles. The number of carbonyl (C=O) groups excluding carboxylic acids is 3. The summed E-state index contributed by atoms with van der Waals surface area (Å²) in [7, 11) is 3.03. The Morgan fingerprint density at radius 1 is 0.974 bits per heavy atom. The van der Waals surface area contributed by atoms with Crippen molar-refractivity contribution in [3.8, 4) is 11.5 Å². The van der Waals surface area contributed by atoms with Crippen LogP contribution in [0, 0.1) is 5.92 Å². The monoisotopic (exact) mass is 532 g/mol. The maximum atomic E-state index is 13.8. The third-order valence-electron chi connectivity index (χ3n) is 8.85. The molecule has 6 rings (SSSR count). The Balaban J connectivity index is 1.22. The molecule has 3 unspecified atom stereocenters. The van der Waals surface area contributed by atoms with Crippen LogP contribution in [0.1, 0.15) is 71.0 Å². The van der Waals surface area contributed by atoms with Crippen molar-refractivity contribution in [1.29, 1.82) is 0 Å². The molecule has 2 saturated heterocycles. The Hall–Kier alpha value is -3.59. The van der Waals surface area contributed by atoms with Crippen molar-refractivity contribution >= 4 is 23.4 Å². The number of para-hydroxylation sites is 1. The van der Waals surface area contributed by atoms with E-state index in [9.17, 15) is 14.4 Å². The van der Waals surface area contributed by atoms with Gasteiger partial charge in [-0.05, 0) is 62.9 Å². The molecule has 39 heavy (non-hydrogen) atoms. The Morgan fingerprint density at radius 3 is 2.62 bits per heavy atom. The molecule has 2 fully saturated rings. The molecule has 0 spiro atoms. The lowest BCUT2D eigenvalue weighted by molar-refractivity contribution is -0.121. The van der Waals surface area contributed by atoms with Gasteiger partial charge in [-0.1, -0.05) is 24.6 Å².